The van der Waals surface area contributed by atoms with Crippen LogP contribution in [0.4, 0.5) is 0 Å². The lowest BCUT2D eigenvalue weighted by molar-refractivity contribution is 0.843. The van der Waals surface area contributed by atoms with E-state index in [4.69, 9.17) is 5.73 Å². The number of pyridine rings is 1. The van der Waals surface area contributed by atoms with Crippen LogP contribution in [0.3, 0.4) is 0 Å². The molecule has 0 saturated heterocycles. The quantitative estimate of drug-likeness (QED) is 0.910. The Labute approximate surface area is 94.9 Å². The SMILES string of the molecule is NC(c1ccccn1)c1sccc1Br. The van der Waals surface area contributed by atoms with Gasteiger partial charge in [-0.2, -0.15) is 0 Å². The Hall–Kier alpha value is -0.710. The molecule has 0 aliphatic heterocycles. The van der Waals surface area contributed by atoms with Gasteiger partial charge in [-0.25, -0.2) is 0 Å². The van der Waals surface area contributed by atoms with Crippen LogP contribution in [-0.4, -0.2) is 4.98 Å². The van der Waals surface area contributed by atoms with E-state index in [0.717, 1.165) is 15.0 Å². The molecule has 1 unspecified atom stereocenters. The molecule has 0 radical (unpaired) electrons. The van der Waals surface area contributed by atoms with E-state index in [9.17, 15) is 0 Å². The van der Waals surface area contributed by atoms with E-state index in [1.54, 1.807) is 17.5 Å². The molecule has 2 rings (SSSR count). The average molecular weight is 269 g/mol. The van der Waals surface area contributed by atoms with Crippen LogP contribution in [0.5, 0.6) is 0 Å². The van der Waals surface area contributed by atoms with Gasteiger partial charge >= 0.3 is 0 Å². The van der Waals surface area contributed by atoms with Crippen molar-refractivity contribution >= 4 is 27.3 Å². The molecule has 0 bridgehead atoms. The highest BCUT2D eigenvalue weighted by Gasteiger charge is 2.13. The average Bonchev–Trinajstić information content (AvgIpc) is 2.65. The maximum absolute atomic E-state index is 6.08. The van der Waals surface area contributed by atoms with Gasteiger partial charge in [0.05, 0.1) is 11.7 Å². The smallest absolute Gasteiger partial charge is 0.0831 e. The standard InChI is InChI=1S/C10H9BrN2S/c11-7-4-6-14-10(7)9(12)8-3-1-2-5-13-8/h1-6,9H,12H2. The van der Waals surface area contributed by atoms with Crippen LogP contribution in [-0.2, 0) is 0 Å². The maximum Gasteiger partial charge on any atom is 0.0831 e. The normalized spacial score (nSPS) is 12.7. The highest BCUT2D eigenvalue weighted by Crippen LogP contribution is 2.30. The zero-order chi connectivity index (χ0) is 9.97. The second kappa shape index (κ2) is 4.21. The fourth-order valence-corrected chi connectivity index (χ4v) is 2.85. The maximum atomic E-state index is 6.08. The summed E-state index contributed by atoms with van der Waals surface area (Å²) in [6.07, 6.45) is 1.76. The first-order valence-electron chi connectivity index (χ1n) is 4.18. The van der Waals surface area contributed by atoms with E-state index < -0.39 is 0 Å². The molecule has 0 aliphatic rings. The summed E-state index contributed by atoms with van der Waals surface area (Å²) in [6, 6.07) is 7.65. The van der Waals surface area contributed by atoms with Crippen molar-refractivity contribution < 1.29 is 0 Å². The molecule has 4 heteroatoms. The third-order valence-electron chi connectivity index (χ3n) is 1.93. The van der Waals surface area contributed by atoms with E-state index >= 15 is 0 Å². The Kier molecular flexibility index (Phi) is 2.96. The minimum Gasteiger partial charge on any atom is -0.318 e. The van der Waals surface area contributed by atoms with E-state index in [0.29, 0.717) is 0 Å². The molecule has 0 spiro atoms. The summed E-state index contributed by atoms with van der Waals surface area (Å²) in [5.41, 5.74) is 6.98. The molecule has 0 saturated carbocycles. The first kappa shape index (κ1) is 9.83. The number of rotatable bonds is 2. The van der Waals surface area contributed by atoms with Crippen molar-refractivity contribution in [2.24, 2.45) is 5.73 Å². The van der Waals surface area contributed by atoms with Crippen molar-refractivity contribution in [2.45, 2.75) is 6.04 Å². The lowest BCUT2D eigenvalue weighted by Gasteiger charge is -2.09. The summed E-state index contributed by atoms with van der Waals surface area (Å²) in [4.78, 5) is 5.35. The van der Waals surface area contributed by atoms with Crippen molar-refractivity contribution in [3.8, 4) is 0 Å². The topological polar surface area (TPSA) is 38.9 Å². The van der Waals surface area contributed by atoms with Gasteiger partial charge < -0.3 is 5.73 Å². The highest BCUT2D eigenvalue weighted by molar-refractivity contribution is 9.10. The molecule has 2 nitrogen and oxygen atoms in total. The number of halogens is 1. The Morgan fingerprint density at radius 3 is 2.79 bits per heavy atom. The molecule has 2 aromatic heterocycles. The van der Waals surface area contributed by atoms with E-state index in [1.807, 2.05) is 29.6 Å². The van der Waals surface area contributed by atoms with Crippen LogP contribution < -0.4 is 5.73 Å². The lowest BCUT2D eigenvalue weighted by Crippen LogP contribution is -2.12. The van der Waals surface area contributed by atoms with Crippen LogP contribution >= 0.6 is 27.3 Å². The van der Waals surface area contributed by atoms with E-state index in [2.05, 4.69) is 20.9 Å². The van der Waals surface area contributed by atoms with Crippen LogP contribution in [0.25, 0.3) is 0 Å². The van der Waals surface area contributed by atoms with Gasteiger partial charge in [0.2, 0.25) is 0 Å². The van der Waals surface area contributed by atoms with Crippen molar-refractivity contribution in [2.75, 3.05) is 0 Å². The van der Waals surface area contributed by atoms with Crippen molar-refractivity contribution in [3.05, 3.63) is 50.9 Å². The summed E-state index contributed by atoms with van der Waals surface area (Å²) >= 11 is 5.11. The molecule has 0 amide bonds. The monoisotopic (exact) mass is 268 g/mol. The molecular weight excluding hydrogens is 260 g/mol. The van der Waals surface area contributed by atoms with Crippen LogP contribution in [0.2, 0.25) is 0 Å². The van der Waals surface area contributed by atoms with Crippen LogP contribution in [0.1, 0.15) is 16.6 Å². The van der Waals surface area contributed by atoms with E-state index in [1.165, 1.54) is 0 Å². The number of aromatic nitrogens is 1. The molecule has 0 fully saturated rings. The minimum atomic E-state index is -0.134. The van der Waals surface area contributed by atoms with Crippen LogP contribution in [0, 0.1) is 0 Å². The van der Waals surface area contributed by atoms with Crippen molar-refractivity contribution in [3.63, 3.8) is 0 Å². The predicted molar refractivity (Wildman–Crippen MR) is 62.3 cm³/mol. The second-order valence-electron chi connectivity index (χ2n) is 2.87. The number of nitrogens with zero attached hydrogens (tertiary/aromatic N) is 1. The summed E-state index contributed by atoms with van der Waals surface area (Å²) in [5.74, 6) is 0. The van der Waals surface area contributed by atoms with Gasteiger partial charge in [-0.1, -0.05) is 6.07 Å². The number of hydrogen-bond acceptors (Lipinski definition) is 3. The highest BCUT2D eigenvalue weighted by atomic mass is 79.9. The molecule has 14 heavy (non-hydrogen) atoms. The van der Waals surface area contributed by atoms with Gasteiger partial charge in [-0.15, -0.1) is 11.3 Å². The fourth-order valence-electron chi connectivity index (χ4n) is 1.22. The van der Waals surface area contributed by atoms with Crippen molar-refractivity contribution in [1.82, 2.24) is 4.98 Å². The fraction of sp³-hybridized carbons (Fsp3) is 0.100. The van der Waals surface area contributed by atoms with Gasteiger partial charge in [0.1, 0.15) is 0 Å². The van der Waals surface area contributed by atoms with Gasteiger partial charge in [0.25, 0.3) is 0 Å². The van der Waals surface area contributed by atoms with Gasteiger partial charge in [-0.3, -0.25) is 4.98 Å². The first-order valence-corrected chi connectivity index (χ1v) is 5.85. The van der Waals surface area contributed by atoms with Gasteiger partial charge in [0.15, 0.2) is 0 Å². The number of nitrogens with two attached hydrogens (primary N) is 1. The van der Waals surface area contributed by atoms with Crippen molar-refractivity contribution in [1.29, 1.82) is 0 Å². The Bertz CT molecular complexity index is 413. The summed E-state index contributed by atoms with van der Waals surface area (Å²) in [5, 5.41) is 2.02. The third-order valence-corrected chi connectivity index (χ3v) is 3.89. The molecule has 0 aliphatic carbocycles. The molecule has 2 aromatic rings. The zero-order valence-electron chi connectivity index (χ0n) is 7.35. The molecule has 0 aromatic carbocycles. The largest absolute Gasteiger partial charge is 0.318 e. The first-order chi connectivity index (χ1) is 6.79. The summed E-state index contributed by atoms with van der Waals surface area (Å²) in [7, 11) is 0. The Morgan fingerprint density at radius 1 is 1.36 bits per heavy atom. The van der Waals surface area contributed by atoms with Crippen LogP contribution in [0.15, 0.2) is 40.3 Å². The minimum absolute atomic E-state index is 0.134. The molecule has 2 N–H and O–H groups in total. The number of hydrogen-bond donors (Lipinski definition) is 1. The summed E-state index contributed by atoms with van der Waals surface area (Å²) in [6.45, 7) is 0. The third kappa shape index (κ3) is 1.87. The van der Waals surface area contributed by atoms with E-state index in [-0.39, 0.29) is 6.04 Å². The molecule has 1 atom stereocenters. The summed E-state index contributed by atoms with van der Waals surface area (Å²) < 4.78 is 1.06. The Balaban J connectivity index is 2.34. The zero-order valence-corrected chi connectivity index (χ0v) is 9.75. The van der Waals surface area contributed by atoms with Gasteiger partial charge in [0, 0.05) is 15.5 Å². The van der Waals surface area contributed by atoms with Gasteiger partial charge in [-0.05, 0) is 39.5 Å². The molecule has 72 valence electrons. The Morgan fingerprint density at radius 2 is 2.21 bits per heavy atom. The molecule has 2 heterocycles. The molecular formula is C10H9BrN2S. The predicted octanol–water partition coefficient (Wildman–Crippen LogP) is 2.95. The number of thiophene rings is 1. The second-order valence-corrected chi connectivity index (χ2v) is 4.67. The lowest BCUT2D eigenvalue weighted by atomic mass is 10.2.